The third-order valence-corrected chi connectivity index (χ3v) is 6.80. The Morgan fingerprint density at radius 2 is 1.67 bits per heavy atom. The highest BCUT2D eigenvalue weighted by Crippen LogP contribution is 2.41. The van der Waals surface area contributed by atoms with E-state index in [1.54, 1.807) is 24.3 Å². The number of aromatic nitrogens is 1. The lowest BCUT2D eigenvalue weighted by molar-refractivity contribution is 0.0493. The minimum absolute atomic E-state index is 0.144. The summed E-state index contributed by atoms with van der Waals surface area (Å²) in [5.41, 5.74) is 15.0. The Hall–Kier alpha value is -3.97. The van der Waals surface area contributed by atoms with Gasteiger partial charge < -0.3 is 20.9 Å². The lowest BCUT2D eigenvalue weighted by atomic mass is 9.82. The Bertz CT molecular complexity index is 1410. The second-order valence-electron chi connectivity index (χ2n) is 10.9. The molecular formula is C32H36F2N4O. The number of nitrogens with zero attached hydrogens (tertiary/aromatic N) is 2. The first-order valence-corrected chi connectivity index (χ1v) is 13.1. The monoisotopic (exact) mass is 530 g/mol. The first-order chi connectivity index (χ1) is 18.6. The highest BCUT2D eigenvalue weighted by atomic mass is 19.1. The molecule has 5 nitrogen and oxygen atoms in total. The highest BCUT2D eigenvalue weighted by molar-refractivity contribution is 5.95. The van der Waals surface area contributed by atoms with Crippen LogP contribution in [0.2, 0.25) is 0 Å². The number of anilines is 1. The van der Waals surface area contributed by atoms with Crippen molar-refractivity contribution in [3.63, 3.8) is 0 Å². The number of nitrogen functional groups attached to an aromatic ring is 1. The molecule has 1 heterocycles. The minimum Gasteiger partial charge on any atom is -0.399 e. The molecule has 0 saturated heterocycles. The van der Waals surface area contributed by atoms with E-state index in [1.165, 1.54) is 6.07 Å². The van der Waals surface area contributed by atoms with E-state index < -0.39 is 23.1 Å². The summed E-state index contributed by atoms with van der Waals surface area (Å²) in [6.07, 6.45) is 2.45. The topological polar surface area (TPSA) is 77.3 Å². The van der Waals surface area contributed by atoms with Crippen molar-refractivity contribution >= 4 is 11.6 Å². The van der Waals surface area contributed by atoms with Crippen molar-refractivity contribution in [2.45, 2.75) is 39.8 Å². The van der Waals surface area contributed by atoms with E-state index in [0.717, 1.165) is 23.4 Å². The van der Waals surface area contributed by atoms with E-state index >= 15 is 0 Å². The van der Waals surface area contributed by atoms with Gasteiger partial charge in [-0.3, -0.25) is 4.79 Å². The zero-order valence-electron chi connectivity index (χ0n) is 22.7. The molecule has 4 aromatic rings. The summed E-state index contributed by atoms with van der Waals surface area (Å²) in [5.74, 6) is -1.17. The molecule has 0 unspecified atom stereocenters. The molecule has 0 spiro atoms. The first-order valence-electron chi connectivity index (χ1n) is 13.1. The van der Waals surface area contributed by atoms with Crippen LogP contribution in [0.1, 0.15) is 54.8 Å². The summed E-state index contributed by atoms with van der Waals surface area (Å²) in [7, 11) is 0. The van der Waals surface area contributed by atoms with Gasteiger partial charge in [0.05, 0.1) is 6.04 Å². The molecule has 0 saturated carbocycles. The number of nitrogens with two attached hydrogens (primary N) is 2. The molecule has 7 heteroatoms. The highest BCUT2D eigenvalue weighted by Gasteiger charge is 2.37. The second kappa shape index (κ2) is 11.8. The SMILES string of the molecule is CC(C)(C)[C@H](c1cc(-c2cc(F)ccc2F)cn1Cc1ccccc1)N(CCCN)C(=O)c1ccc(N)cc1. The maximum atomic E-state index is 14.9. The van der Waals surface area contributed by atoms with Crippen LogP contribution < -0.4 is 11.5 Å². The average molecular weight is 531 g/mol. The van der Waals surface area contributed by atoms with E-state index in [0.29, 0.717) is 42.9 Å². The van der Waals surface area contributed by atoms with E-state index in [4.69, 9.17) is 11.5 Å². The second-order valence-corrected chi connectivity index (χ2v) is 10.9. The van der Waals surface area contributed by atoms with Crippen LogP contribution in [0.5, 0.6) is 0 Å². The number of hydrogen-bond donors (Lipinski definition) is 2. The van der Waals surface area contributed by atoms with Crippen LogP contribution in [0.4, 0.5) is 14.5 Å². The van der Waals surface area contributed by atoms with Crippen molar-refractivity contribution in [2.24, 2.45) is 11.1 Å². The summed E-state index contributed by atoms with van der Waals surface area (Å²) in [4.78, 5) is 15.8. The van der Waals surface area contributed by atoms with Gasteiger partial charge >= 0.3 is 0 Å². The van der Waals surface area contributed by atoms with Crippen molar-refractivity contribution < 1.29 is 13.6 Å². The van der Waals surface area contributed by atoms with Gasteiger partial charge in [0.1, 0.15) is 11.6 Å². The largest absolute Gasteiger partial charge is 0.399 e. The Morgan fingerprint density at radius 3 is 2.31 bits per heavy atom. The van der Waals surface area contributed by atoms with Gasteiger partial charge in [-0.25, -0.2) is 8.78 Å². The summed E-state index contributed by atoms with van der Waals surface area (Å²) in [6.45, 7) is 7.58. The molecule has 0 aliphatic heterocycles. The summed E-state index contributed by atoms with van der Waals surface area (Å²) in [5, 5.41) is 0. The molecular weight excluding hydrogens is 494 g/mol. The lowest BCUT2D eigenvalue weighted by Crippen LogP contribution is -2.43. The summed E-state index contributed by atoms with van der Waals surface area (Å²) >= 11 is 0. The van der Waals surface area contributed by atoms with Gasteiger partial charge in [-0.05, 0) is 72.5 Å². The van der Waals surface area contributed by atoms with Crippen LogP contribution in [0.3, 0.4) is 0 Å². The molecule has 0 radical (unpaired) electrons. The molecule has 4 N–H and O–H groups in total. The van der Waals surface area contributed by atoms with Crippen LogP contribution in [0.25, 0.3) is 11.1 Å². The minimum atomic E-state index is -0.515. The van der Waals surface area contributed by atoms with Gasteiger partial charge in [0.2, 0.25) is 0 Å². The van der Waals surface area contributed by atoms with Crippen LogP contribution in [0.15, 0.2) is 85.1 Å². The lowest BCUT2D eigenvalue weighted by Gasteiger charge is -2.41. The maximum Gasteiger partial charge on any atom is 0.254 e. The number of carbonyl (C=O) groups is 1. The standard InChI is InChI=1S/C32H36F2N4O/c1-32(2,3)30(38(17-7-16-35)31(39)23-10-13-26(36)14-11-23)29-18-24(27-19-25(33)12-15-28(27)34)21-37(29)20-22-8-5-4-6-9-22/h4-6,8-15,18-19,21,30H,7,16-17,20,35-36H2,1-3H3/t30-/m0/s1. The molecule has 39 heavy (non-hydrogen) atoms. The van der Waals surface area contributed by atoms with E-state index in [-0.39, 0.29) is 11.5 Å². The Labute approximate surface area is 229 Å². The Kier molecular flexibility index (Phi) is 8.51. The Morgan fingerprint density at radius 1 is 0.974 bits per heavy atom. The van der Waals surface area contributed by atoms with Gasteiger partial charge in [-0.15, -0.1) is 0 Å². The molecule has 0 aliphatic carbocycles. The zero-order chi connectivity index (χ0) is 28.2. The van der Waals surface area contributed by atoms with E-state index in [9.17, 15) is 13.6 Å². The van der Waals surface area contributed by atoms with Crippen molar-refractivity contribution in [1.82, 2.24) is 9.47 Å². The van der Waals surface area contributed by atoms with Crippen LogP contribution in [0, 0.1) is 17.0 Å². The van der Waals surface area contributed by atoms with Crippen molar-refractivity contribution in [3.8, 4) is 11.1 Å². The van der Waals surface area contributed by atoms with Crippen LogP contribution >= 0.6 is 0 Å². The Balaban J connectivity index is 1.89. The predicted octanol–water partition coefficient (Wildman–Crippen LogP) is 6.64. The van der Waals surface area contributed by atoms with Gasteiger partial charge in [0, 0.05) is 47.4 Å². The number of hydrogen-bond acceptors (Lipinski definition) is 3. The molecule has 3 aromatic carbocycles. The fourth-order valence-corrected chi connectivity index (χ4v) is 5.01. The van der Waals surface area contributed by atoms with Gasteiger partial charge in [0.25, 0.3) is 5.91 Å². The quantitative estimate of drug-likeness (QED) is 0.238. The average Bonchev–Trinajstić information content (AvgIpc) is 3.30. The molecule has 204 valence electrons. The molecule has 1 amide bonds. The van der Waals surface area contributed by atoms with Crippen LogP contribution in [-0.2, 0) is 6.54 Å². The zero-order valence-corrected chi connectivity index (χ0v) is 22.7. The van der Waals surface area contributed by atoms with Crippen molar-refractivity contribution in [3.05, 3.63) is 114 Å². The molecule has 0 fully saturated rings. The fourth-order valence-electron chi connectivity index (χ4n) is 5.01. The van der Waals surface area contributed by atoms with Crippen LogP contribution in [-0.4, -0.2) is 28.5 Å². The number of benzene rings is 3. The molecule has 0 aliphatic rings. The third kappa shape index (κ3) is 6.55. The van der Waals surface area contributed by atoms with Crippen molar-refractivity contribution in [1.29, 1.82) is 0 Å². The predicted molar refractivity (Wildman–Crippen MR) is 153 cm³/mol. The number of amides is 1. The molecule has 4 rings (SSSR count). The first kappa shape index (κ1) is 28.0. The van der Waals surface area contributed by atoms with E-state index in [2.05, 4.69) is 20.8 Å². The third-order valence-electron chi connectivity index (χ3n) is 6.80. The molecule has 0 bridgehead atoms. The number of carbonyl (C=O) groups excluding carboxylic acids is 1. The van der Waals surface area contributed by atoms with Gasteiger partial charge in [-0.2, -0.15) is 0 Å². The van der Waals surface area contributed by atoms with E-state index in [1.807, 2.05) is 52.1 Å². The fraction of sp³-hybridized carbons (Fsp3) is 0.281. The molecule has 1 aromatic heterocycles. The summed E-state index contributed by atoms with van der Waals surface area (Å²) < 4.78 is 31.1. The summed E-state index contributed by atoms with van der Waals surface area (Å²) in [6, 6.07) is 21.7. The normalized spacial score (nSPS) is 12.4. The van der Waals surface area contributed by atoms with Gasteiger partial charge in [0.15, 0.2) is 0 Å². The maximum absolute atomic E-state index is 14.9. The van der Waals surface area contributed by atoms with Crippen molar-refractivity contribution in [2.75, 3.05) is 18.8 Å². The number of halogens is 2. The smallest absolute Gasteiger partial charge is 0.254 e. The molecule has 1 atom stereocenters. The number of rotatable bonds is 9. The van der Waals surface area contributed by atoms with Gasteiger partial charge in [-0.1, -0.05) is 51.1 Å².